The van der Waals surface area contributed by atoms with Crippen molar-refractivity contribution in [3.8, 4) is 0 Å². The fourth-order valence-electron chi connectivity index (χ4n) is 0.508. The van der Waals surface area contributed by atoms with Crippen LogP contribution in [0.15, 0.2) is 0 Å². The lowest BCUT2D eigenvalue weighted by atomic mass is 10.1. The zero-order valence-corrected chi connectivity index (χ0v) is 7.26. The first-order chi connectivity index (χ1) is 4.81. The Bertz CT molecular complexity index is 64.3. The van der Waals surface area contributed by atoms with Crippen LogP contribution in [0.2, 0.25) is 0 Å². The summed E-state index contributed by atoms with van der Waals surface area (Å²) in [5, 5.41) is 0. The van der Waals surface area contributed by atoms with Gasteiger partial charge in [-0.15, -0.1) is 0 Å². The summed E-state index contributed by atoms with van der Waals surface area (Å²) in [6.45, 7) is 6.08. The lowest BCUT2D eigenvalue weighted by Crippen LogP contribution is -2.20. The topological polar surface area (TPSA) is 43.1 Å². The Hall–Kier alpha value is -0.370. The molecule has 0 aliphatic heterocycles. The molecule has 62 valence electrons. The largest absolute Gasteiger partial charge is 0.322 e. The van der Waals surface area contributed by atoms with Gasteiger partial charge in [0.2, 0.25) is 0 Å². The number of hydrogen-bond acceptors (Lipinski definition) is 2. The van der Waals surface area contributed by atoms with Crippen LogP contribution in [-0.2, 0) is 4.79 Å². The molecule has 0 spiro atoms. The average Bonchev–Trinajstić information content (AvgIpc) is 2.04. The molecule has 0 rings (SSSR count). The van der Waals surface area contributed by atoms with E-state index in [2.05, 4.69) is 6.92 Å². The van der Waals surface area contributed by atoms with E-state index in [-0.39, 0.29) is 6.04 Å². The van der Waals surface area contributed by atoms with Gasteiger partial charge in [-0.05, 0) is 6.42 Å². The van der Waals surface area contributed by atoms with Crippen molar-refractivity contribution in [2.24, 2.45) is 5.73 Å². The van der Waals surface area contributed by atoms with E-state index >= 15 is 0 Å². The highest BCUT2D eigenvalue weighted by Gasteiger charge is 1.95. The number of unbranched alkanes of at least 4 members (excludes halogenated alkanes) is 1. The van der Waals surface area contributed by atoms with E-state index in [1.165, 1.54) is 0 Å². The van der Waals surface area contributed by atoms with Gasteiger partial charge in [-0.2, -0.15) is 0 Å². The van der Waals surface area contributed by atoms with Gasteiger partial charge in [0.25, 0.3) is 0 Å². The third kappa shape index (κ3) is 10.6. The zero-order chi connectivity index (χ0) is 8.41. The third-order valence-electron chi connectivity index (χ3n) is 1.07. The van der Waals surface area contributed by atoms with E-state index in [4.69, 9.17) is 5.73 Å². The highest BCUT2D eigenvalue weighted by Crippen LogP contribution is 1.94. The highest BCUT2D eigenvalue weighted by molar-refractivity contribution is 5.56. The van der Waals surface area contributed by atoms with Crippen LogP contribution in [0.3, 0.4) is 0 Å². The fraction of sp³-hybridized carbons (Fsp3) is 0.875. The van der Waals surface area contributed by atoms with Gasteiger partial charge < -0.3 is 10.5 Å². The predicted molar refractivity (Wildman–Crippen MR) is 44.9 cm³/mol. The number of aldehydes is 1. The van der Waals surface area contributed by atoms with Gasteiger partial charge in [0.05, 0.1) is 6.04 Å². The maximum Gasteiger partial charge on any atom is 0.136 e. The molecule has 10 heavy (non-hydrogen) atoms. The van der Waals surface area contributed by atoms with Crippen LogP contribution in [0, 0.1) is 0 Å². The highest BCUT2D eigenvalue weighted by atomic mass is 16.1. The Morgan fingerprint density at radius 3 is 2.30 bits per heavy atom. The van der Waals surface area contributed by atoms with Crippen molar-refractivity contribution in [3.63, 3.8) is 0 Å². The normalized spacial score (nSPS) is 11.2. The summed E-state index contributed by atoms with van der Waals surface area (Å²) < 4.78 is 0. The van der Waals surface area contributed by atoms with Crippen molar-refractivity contribution in [3.05, 3.63) is 0 Å². The molecule has 0 bridgehead atoms. The molecule has 0 aliphatic carbocycles. The number of nitrogens with two attached hydrogens (primary N) is 1. The summed E-state index contributed by atoms with van der Waals surface area (Å²) in [6, 6.07) is -0.227. The van der Waals surface area contributed by atoms with Crippen molar-refractivity contribution in [2.75, 3.05) is 0 Å². The first-order valence-electron chi connectivity index (χ1n) is 4.02. The van der Waals surface area contributed by atoms with Crippen LogP contribution in [0.25, 0.3) is 0 Å². The Morgan fingerprint density at radius 1 is 1.50 bits per heavy atom. The molecule has 0 aliphatic rings. The van der Waals surface area contributed by atoms with Crippen molar-refractivity contribution < 1.29 is 4.79 Å². The zero-order valence-electron chi connectivity index (χ0n) is 7.26. The average molecular weight is 145 g/mol. The van der Waals surface area contributed by atoms with Crippen LogP contribution in [0.5, 0.6) is 0 Å². The van der Waals surface area contributed by atoms with Gasteiger partial charge in [-0.3, -0.25) is 0 Å². The van der Waals surface area contributed by atoms with Gasteiger partial charge in [0, 0.05) is 0 Å². The molecule has 0 saturated carbocycles. The summed E-state index contributed by atoms with van der Waals surface area (Å²) in [4.78, 5) is 9.89. The number of rotatable bonds is 4. The Kier molecular flexibility index (Phi) is 14.1. The summed E-state index contributed by atoms with van der Waals surface area (Å²) in [7, 11) is 0. The summed E-state index contributed by atoms with van der Waals surface area (Å²) in [5.74, 6) is 0. The second kappa shape index (κ2) is 11.4. The van der Waals surface area contributed by atoms with E-state index in [9.17, 15) is 4.79 Å². The first kappa shape index (κ1) is 12.3. The molecule has 1 atom stereocenters. The third-order valence-corrected chi connectivity index (χ3v) is 1.07. The van der Waals surface area contributed by atoms with E-state index in [0.717, 1.165) is 25.5 Å². The Balaban J connectivity index is 0. The van der Waals surface area contributed by atoms with Crippen molar-refractivity contribution in [2.45, 2.75) is 46.1 Å². The second-order valence-corrected chi connectivity index (χ2v) is 1.94. The van der Waals surface area contributed by atoms with Gasteiger partial charge in [0.1, 0.15) is 6.29 Å². The molecule has 0 saturated heterocycles. The fourth-order valence-corrected chi connectivity index (χ4v) is 0.508. The number of carbonyl (C=O) groups excluding carboxylic acids is 1. The molecular formula is C8H19NO. The Labute approximate surface area is 63.8 Å². The standard InChI is InChI=1S/C6H13NO.C2H6/c1-2-3-4-6(7)5-8;1-2/h5-6H,2-4,7H2,1H3;1-2H3. The molecule has 0 fully saturated rings. The van der Waals surface area contributed by atoms with Crippen LogP contribution in [0.4, 0.5) is 0 Å². The predicted octanol–water partition coefficient (Wildman–Crippen LogP) is 1.73. The van der Waals surface area contributed by atoms with Crippen molar-refractivity contribution in [1.82, 2.24) is 0 Å². The number of carbonyl (C=O) groups is 1. The van der Waals surface area contributed by atoms with Crippen LogP contribution >= 0.6 is 0 Å². The van der Waals surface area contributed by atoms with E-state index in [1.807, 2.05) is 13.8 Å². The minimum Gasteiger partial charge on any atom is -0.322 e. The maximum atomic E-state index is 9.89. The van der Waals surface area contributed by atoms with Crippen molar-refractivity contribution in [1.29, 1.82) is 0 Å². The van der Waals surface area contributed by atoms with Crippen molar-refractivity contribution >= 4 is 6.29 Å². The lowest BCUT2D eigenvalue weighted by Gasteiger charge is -1.98. The molecule has 0 aromatic rings. The monoisotopic (exact) mass is 145 g/mol. The van der Waals surface area contributed by atoms with Gasteiger partial charge >= 0.3 is 0 Å². The maximum absolute atomic E-state index is 9.89. The molecule has 2 nitrogen and oxygen atoms in total. The van der Waals surface area contributed by atoms with Crippen LogP contribution in [-0.4, -0.2) is 12.3 Å². The SMILES string of the molecule is CC.CCCCC(N)C=O. The van der Waals surface area contributed by atoms with E-state index < -0.39 is 0 Å². The second-order valence-electron chi connectivity index (χ2n) is 1.94. The quantitative estimate of drug-likeness (QED) is 0.612. The smallest absolute Gasteiger partial charge is 0.136 e. The molecular weight excluding hydrogens is 126 g/mol. The molecule has 0 heterocycles. The molecule has 0 amide bonds. The van der Waals surface area contributed by atoms with Gasteiger partial charge in [-0.25, -0.2) is 0 Å². The molecule has 2 heteroatoms. The first-order valence-corrected chi connectivity index (χ1v) is 4.02. The summed E-state index contributed by atoms with van der Waals surface area (Å²) >= 11 is 0. The molecule has 0 radical (unpaired) electrons. The van der Waals surface area contributed by atoms with Crippen LogP contribution < -0.4 is 5.73 Å². The number of hydrogen-bond donors (Lipinski definition) is 1. The molecule has 0 aromatic carbocycles. The minimum absolute atomic E-state index is 0.227. The molecule has 2 N–H and O–H groups in total. The van der Waals surface area contributed by atoms with E-state index in [0.29, 0.717) is 0 Å². The van der Waals surface area contributed by atoms with E-state index in [1.54, 1.807) is 0 Å². The summed E-state index contributed by atoms with van der Waals surface area (Å²) in [6.07, 6.45) is 3.80. The minimum atomic E-state index is -0.227. The van der Waals surface area contributed by atoms with Gasteiger partial charge in [0.15, 0.2) is 0 Å². The molecule has 0 aromatic heterocycles. The lowest BCUT2D eigenvalue weighted by molar-refractivity contribution is -0.109. The van der Waals surface area contributed by atoms with Gasteiger partial charge in [-0.1, -0.05) is 33.6 Å². The Morgan fingerprint density at radius 2 is 2.00 bits per heavy atom. The van der Waals surface area contributed by atoms with Crippen LogP contribution in [0.1, 0.15) is 40.0 Å². The summed E-state index contributed by atoms with van der Waals surface area (Å²) in [5.41, 5.74) is 5.29. The molecule has 1 unspecified atom stereocenters.